The summed E-state index contributed by atoms with van der Waals surface area (Å²) in [6, 6.07) is 0. The van der Waals surface area contributed by atoms with E-state index < -0.39 is 7.26 Å². The zero-order chi connectivity index (χ0) is 13.0. The molecule has 19 heavy (non-hydrogen) atoms. The first kappa shape index (κ1) is 25.4. The molecule has 0 rings (SSSR count). The molecule has 0 heterocycles. The van der Waals surface area contributed by atoms with E-state index in [1.807, 2.05) is 0 Å². The maximum atomic E-state index is 2.36. The molecule has 0 unspecified atom stereocenters. The summed E-state index contributed by atoms with van der Waals surface area (Å²) in [4.78, 5) is 0. The molecule has 0 aromatic rings. The van der Waals surface area contributed by atoms with E-state index in [2.05, 4.69) is 27.7 Å². The third kappa shape index (κ3) is 12.9. The van der Waals surface area contributed by atoms with Crippen LogP contribution in [0.2, 0.25) is 0 Å². The molecule has 0 saturated carbocycles. The van der Waals surface area contributed by atoms with Crippen molar-refractivity contribution >= 4 is 41.6 Å². The maximum Gasteiger partial charge on any atom is 0.187 e. The zero-order valence-electron chi connectivity index (χ0n) is 13.3. The normalized spacial score (nSPS) is 10.7. The highest BCUT2D eigenvalue weighted by Crippen LogP contribution is 2.61. The molecule has 0 aromatic heterocycles. The number of hydrogen-bond acceptors (Lipinski definition) is 0. The largest absolute Gasteiger partial charge is 0.187 e. The molecule has 0 atom stereocenters. The van der Waals surface area contributed by atoms with Gasteiger partial charge in [-0.3, -0.25) is 0 Å². The molecule has 0 amide bonds. The Labute approximate surface area is 145 Å². The van der Waals surface area contributed by atoms with E-state index in [9.17, 15) is 0 Å². The van der Waals surface area contributed by atoms with Gasteiger partial charge in [0.15, 0.2) is 17.4 Å². The minimum atomic E-state index is -0.562. The second kappa shape index (κ2) is 17.5. The molecule has 0 saturated heterocycles. The fraction of sp³-hybridized carbons (Fsp3) is 1.00. The summed E-state index contributed by atoms with van der Waals surface area (Å²) in [5.41, 5.74) is 0. The molecule has 0 N–H and O–H groups in total. The molecule has 0 spiro atoms. The van der Waals surface area contributed by atoms with Gasteiger partial charge in [-0.15, -0.1) is 17.0 Å². The van der Waals surface area contributed by atoms with E-state index in [1.54, 1.807) is 24.6 Å². The van der Waals surface area contributed by atoms with Crippen molar-refractivity contribution in [3.63, 3.8) is 0 Å². The first-order valence-electron chi connectivity index (χ1n) is 8.09. The Morgan fingerprint density at radius 1 is 0.526 bits per heavy atom. The quantitative estimate of drug-likeness (QED) is 0.310. The zero-order valence-corrected chi connectivity index (χ0v) is 15.9. The van der Waals surface area contributed by atoms with Gasteiger partial charge in [-0.1, -0.05) is 53.4 Å². The average molecular weight is 370 g/mol. The van der Waals surface area contributed by atoms with Crippen molar-refractivity contribution in [2.75, 3.05) is 24.6 Å². The van der Waals surface area contributed by atoms with Gasteiger partial charge in [0.25, 0.3) is 0 Å². The van der Waals surface area contributed by atoms with Gasteiger partial charge in [-0.05, 0) is 25.7 Å². The van der Waals surface area contributed by atoms with Crippen LogP contribution in [0.5, 0.6) is 0 Å². The van der Waals surface area contributed by atoms with Crippen molar-refractivity contribution in [3.05, 3.63) is 0 Å². The van der Waals surface area contributed by atoms with Gasteiger partial charge >= 0.3 is 0 Å². The van der Waals surface area contributed by atoms with E-state index in [0.717, 1.165) is 0 Å². The fourth-order valence-corrected chi connectivity index (χ4v) is 7.93. The second-order valence-electron chi connectivity index (χ2n) is 5.65. The summed E-state index contributed by atoms with van der Waals surface area (Å²) in [5.74, 6) is 0. The van der Waals surface area contributed by atoms with Crippen molar-refractivity contribution in [3.8, 4) is 0 Å². The monoisotopic (exact) mass is 369 g/mol. The SMILES string of the molecule is Br.CCCC[P+](CCCC)(CCCC)CCCC.[AlH3]. The van der Waals surface area contributed by atoms with Crippen LogP contribution in [-0.4, -0.2) is 42.0 Å². The standard InChI is InChI=1S/C16H36P.Al.BrH.3H/c1-5-9-13-17(14-10-6-2,15-11-7-3)16-12-8-4;;;;;/h5-16H2,1-4H3;;1H;;;/q+1;;;;;. The lowest BCUT2D eigenvalue weighted by molar-refractivity contribution is 0.814. The molecule has 0 radical (unpaired) electrons. The van der Waals surface area contributed by atoms with Crippen LogP contribution in [0.4, 0.5) is 0 Å². The van der Waals surface area contributed by atoms with Gasteiger partial charge in [0.05, 0.1) is 24.6 Å². The van der Waals surface area contributed by atoms with Crippen LogP contribution < -0.4 is 0 Å². The Morgan fingerprint density at radius 2 is 0.737 bits per heavy atom. The molecule has 0 aliphatic heterocycles. The van der Waals surface area contributed by atoms with Gasteiger partial charge in [0.2, 0.25) is 0 Å². The summed E-state index contributed by atoms with van der Waals surface area (Å²) >= 11 is 0. The molecular formula is C16H40AlBrP+. The Hall–Kier alpha value is 1.44. The number of hydrogen-bond donors (Lipinski definition) is 0. The van der Waals surface area contributed by atoms with Crippen LogP contribution in [0, 0.1) is 0 Å². The molecule has 0 aromatic carbocycles. The summed E-state index contributed by atoms with van der Waals surface area (Å²) < 4.78 is 0. The predicted octanol–water partition coefficient (Wildman–Crippen LogP) is 5.60. The van der Waals surface area contributed by atoms with Crippen LogP contribution >= 0.6 is 24.2 Å². The number of halogens is 1. The minimum Gasteiger partial charge on any atom is -0.114 e. The van der Waals surface area contributed by atoms with E-state index in [1.165, 1.54) is 51.4 Å². The number of rotatable bonds is 12. The van der Waals surface area contributed by atoms with Crippen LogP contribution in [0.3, 0.4) is 0 Å². The van der Waals surface area contributed by atoms with Gasteiger partial charge in [-0.25, -0.2) is 0 Å². The average Bonchev–Trinajstić information content (AvgIpc) is 2.37. The molecule has 118 valence electrons. The summed E-state index contributed by atoms with van der Waals surface area (Å²) in [6.45, 7) is 9.42. The van der Waals surface area contributed by atoms with Gasteiger partial charge in [-0.2, -0.15) is 0 Å². The Kier molecular flexibility index (Phi) is 23.4. The third-order valence-electron chi connectivity index (χ3n) is 3.94. The first-order chi connectivity index (χ1) is 8.24. The highest BCUT2D eigenvalue weighted by atomic mass is 79.9. The van der Waals surface area contributed by atoms with Crippen molar-refractivity contribution < 1.29 is 0 Å². The topological polar surface area (TPSA) is 0 Å². The molecular weight excluding hydrogens is 330 g/mol. The second-order valence-corrected chi connectivity index (χ2v) is 10.1. The lowest BCUT2D eigenvalue weighted by Gasteiger charge is -2.28. The molecule has 3 heteroatoms. The highest BCUT2D eigenvalue weighted by molar-refractivity contribution is 8.93. The molecule has 0 aliphatic rings. The highest BCUT2D eigenvalue weighted by Gasteiger charge is 2.34. The smallest absolute Gasteiger partial charge is 0.114 e. The molecule has 0 nitrogen and oxygen atoms in total. The van der Waals surface area contributed by atoms with Crippen molar-refractivity contribution in [1.29, 1.82) is 0 Å². The lowest BCUT2D eigenvalue weighted by atomic mass is 10.4. The van der Waals surface area contributed by atoms with E-state index in [-0.39, 0.29) is 34.3 Å². The third-order valence-corrected chi connectivity index (χ3v) is 9.00. The minimum absolute atomic E-state index is 0. The summed E-state index contributed by atoms with van der Waals surface area (Å²) in [6.07, 6.45) is 17.9. The van der Waals surface area contributed by atoms with Gasteiger partial charge in [0.1, 0.15) is 0 Å². The van der Waals surface area contributed by atoms with E-state index in [4.69, 9.17) is 0 Å². The predicted molar refractivity (Wildman–Crippen MR) is 106 cm³/mol. The van der Waals surface area contributed by atoms with Crippen LogP contribution in [0.15, 0.2) is 0 Å². The van der Waals surface area contributed by atoms with Crippen molar-refractivity contribution in [2.45, 2.75) is 79.1 Å². The molecule has 0 bridgehead atoms. The van der Waals surface area contributed by atoms with Crippen LogP contribution in [0.25, 0.3) is 0 Å². The van der Waals surface area contributed by atoms with Crippen LogP contribution in [0.1, 0.15) is 79.1 Å². The van der Waals surface area contributed by atoms with Crippen LogP contribution in [-0.2, 0) is 0 Å². The Balaban J connectivity index is -0.00000128. The van der Waals surface area contributed by atoms with Gasteiger partial charge in [0, 0.05) is 7.26 Å². The summed E-state index contributed by atoms with van der Waals surface area (Å²) in [5, 5.41) is 0. The van der Waals surface area contributed by atoms with Crippen molar-refractivity contribution in [2.24, 2.45) is 0 Å². The molecule has 0 aliphatic carbocycles. The fourth-order valence-electron chi connectivity index (χ4n) is 2.64. The molecule has 0 fully saturated rings. The van der Waals surface area contributed by atoms with E-state index in [0.29, 0.717) is 0 Å². The first-order valence-corrected chi connectivity index (χ1v) is 10.6. The van der Waals surface area contributed by atoms with E-state index >= 15 is 0 Å². The van der Waals surface area contributed by atoms with Gasteiger partial charge < -0.3 is 0 Å². The maximum absolute atomic E-state index is 2.36. The lowest BCUT2D eigenvalue weighted by Crippen LogP contribution is -2.12. The number of unbranched alkanes of at least 4 members (excludes halogenated alkanes) is 4. The Morgan fingerprint density at radius 3 is 0.895 bits per heavy atom. The summed E-state index contributed by atoms with van der Waals surface area (Å²) in [7, 11) is -0.562. The van der Waals surface area contributed by atoms with Crippen molar-refractivity contribution in [1.82, 2.24) is 0 Å². The Bertz CT molecular complexity index is 127.